The van der Waals surface area contributed by atoms with Crippen molar-refractivity contribution in [2.45, 2.75) is 6.42 Å². The van der Waals surface area contributed by atoms with Crippen molar-refractivity contribution in [2.24, 2.45) is 0 Å². The van der Waals surface area contributed by atoms with E-state index in [1.807, 2.05) is 30.3 Å². The van der Waals surface area contributed by atoms with Gasteiger partial charge in [-0.3, -0.25) is 9.59 Å². The van der Waals surface area contributed by atoms with Gasteiger partial charge in [-0.05, 0) is 23.8 Å². The van der Waals surface area contributed by atoms with Gasteiger partial charge in [0.15, 0.2) is 0 Å². The van der Waals surface area contributed by atoms with Crippen molar-refractivity contribution in [3.63, 3.8) is 0 Å². The van der Waals surface area contributed by atoms with Crippen LogP contribution in [0.4, 0.5) is 5.69 Å². The molecule has 0 bridgehead atoms. The monoisotopic (exact) mass is 346 g/mol. The molecule has 0 aliphatic heterocycles. The molecule has 0 aromatic heterocycles. The first-order valence-electron chi connectivity index (χ1n) is 7.50. The van der Waals surface area contributed by atoms with E-state index >= 15 is 0 Å². The molecule has 2 aromatic carbocycles. The molecule has 0 heterocycles. The summed E-state index contributed by atoms with van der Waals surface area (Å²) in [6.45, 7) is 0.841. The maximum absolute atomic E-state index is 12.1. The van der Waals surface area contributed by atoms with E-state index in [2.05, 4.69) is 10.6 Å². The van der Waals surface area contributed by atoms with Crippen molar-refractivity contribution in [1.29, 1.82) is 0 Å². The maximum atomic E-state index is 12.1. The Morgan fingerprint density at radius 2 is 1.88 bits per heavy atom. The van der Waals surface area contributed by atoms with Gasteiger partial charge in [-0.25, -0.2) is 0 Å². The molecule has 0 unspecified atom stereocenters. The molecule has 0 saturated carbocycles. The zero-order valence-corrected chi connectivity index (χ0v) is 14.1. The standard InChI is InChI=1S/C18H19ClN2O3/c1-24-10-9-20-18(23)14-7-8-15(19)16(12-14)21-17(22)11-13-5-3-2-4-6-13/h2-8,12H,9-11H2,1H3,(H,20,23)(H,21,22). The number of benzene rings is 2. The summed E-state index contributed by atoms with van der Waals surface area (Å²) in [5, 5.41) is 5.85. The van der Waals surface area contributed by atoms with Crippen molar-refractivity contribution in [1.82, 2.24) is 5.32 Å². The SMILES string of the molecule is COCCNC(=O)c1ccc(Cl)c(NC(=O)Cc2ccccc2)c1. The second kappa shape index (κ2) is 9.05. The molecule has 0 spiro atoms. The van der Waals surface area contributed by atoms with Crippen LogP contribution in [-0.4, -0.2) is 32.1 Å². The Labute approximate surface area is 146 Å². The average Bonchev–Trinajstić information content (AvgIpc) is 2.58. The van der Waals surface area contributed by atoms with Crippen molar-refractivity contribution in [3.8, 4) is 0 Å². The number of carbonyl (C=O) groups excluding carboxylic acids is 2. The van der Waals surface area contributed by atoms with Gasteiger partial charge in [0, 0.05) is 19.2 Å². The van der Waals surface area contributed by atoms with Crippen LogP contribution in [0.25, 0.3) is 0 Å². The molecule has 0 saturated heterocycles. The third kappa shape index (κ3) is 5.37. The molecule has 126 valence electrons. The zero-order chi connectivity index (χ0) is 17.4. The summed E-state index contributed by atoms with van der Waals surface area (Å²) in [6.07, 6.45) is 0.238. The lowest BCUT2D eigenvalue weighted by atomic mass is 10.1. The van der Waals surface area contributed by atoms with E-state index in [4.69, 9.17) is 16.3 Å². The predicted octanol–water partition coefficient (Wildman–Crippen LogP) is 2.90. The summed E-state index contributed by atoms with van der Waals surface area (Å²) in [4.78, 5) is 24.2. The van der Waals surface area contributed by atoms with Gasteiger partial charge < -0.3 is 15.4 Å². The number of hydrogen-bond donors (Lipinski definition) is 2. The highest BCUT2D eigenvalue weighted by Crippen LogP contribution is 2.23. The number of nitrogens with one attached hydrogen (secondary N) is 2. The zero-order valence-electron chi connectivity index (χ0n) is 13.3. The lowest BCUT2D eigenvalue weighted by molar-refractivity contribution is -0.115. The normalized spacial score (nSPS) is 10.2. The van der Waals surface area contributed by atoms with Crippen molar-refractivity contribution >= 4 is 29.1 Å². The Kier molecular flexibility index (Phi) is 6.78. The van der Waals surface area contributed by atoms with Crippen LogP contribution in [0.2, 0.25) is 5.02 Å². The van der Waals surface area contributed by atoms with E-state index in [9.17, 15) is 9.59 Å². The van der Waals surface area contributed by atoms with Gasteiger partial charge in [0.2, 0.25) is 5.91 Å². The molecule has 0 fully saturated rings. The molecule has 2 aromatic rings. The van der Waals surface area contributed by atoms with Crippen LogP contribution in [0.5, 0.6) is 0 Å². The Hall–Kier alpha value is -2.37. The molecule has 0 aliphatic rings. The Bertz CT molecular complexity index is 705. The molecule has 2 rings (SSSR count). The van der Waals surface area contributed by atoms with Crippen molar-refractivity contribution in [3.05, 3.63) is 64.7 Å². The number of methoxy groups -OCH3 is 1. The van der Waals surface area contributed by atoms with E-state index < -0.39 is 0 Å². The second-order valence-electron chi connectivity index (χ2n) is 5.15. The summed E-state index contributed by atoms with van der Waals surface area (Å²) in [5.41, 5.74) is 1.74. The van der Waals surface area contributed by atoms with Gasteiger partial charge in [0.05, 0.1) is 23.7 Å². The van der Waals surface area contributed by atoms with E-state index in [-0.39, 0.29) is 18.2 Å². The molecule has 2 N–H and O–H groups in total. The number of halogens is 1. The molecule has 0 aliphatic carbocycles. The van der Waals surface area contributed by atoms with Crippen LogP contribution < -0.4 is 10.6 Å². The summed E-state index contributed by atoms with van der Waals surface area (Å²) in [7, 11) is 1.56. The average molecular weight is 347 g/mol. The van der Waals surface area contributed by atoms with Gasteiger partial charge in [-0.2, -0.15) is 0 Å². The Morgan fingerprint density at radius 1 is 1.12 bits per heavy atom. The summed E-state index contributed by atoms with van der Waals surface area (Å²) in [6, 6.07) is 14.2. The van der Waals surface area contributed by atoms with Crippen molar-refractivity contribution < 1.29 is 14.3 Å². The number of anilines is 1. The van der Waals surface area contributed by atoms with Crippen LogP contribution in [0.15, 0.2) is 48.5 Å². The number of rotatable bonds is 7. The first-order valence-corrected chi connectivity index (χ1v) is 7.88. The van der Waals surface area contributed by atoms with E-state index in [0.717, 1.165) is 5.56 Å². The number of hydrogen-bond acceptors (Lipinski definition) is 3. The smallest absolute Gasteiger partial charge is 0.251 e. The predicted molar refractivity (Wildman–Crippen MR) is 94.4 cm³/mol. The fourth-order valence-electron chi connectivity index (χ4n) is 2.11. The minimum Gasteiger partial charge on any atom is -0.383 e. The number of ether oxygens (including phenoxy) is 1. The highest BCUT2D eigenvalue weighted by Gasteiger charge is 2.11. The van der Waals surface area contributed by atoms with Gasteiger partial charge >= 0.3 is 0 Å². The minimum atomic E-state index is -0.248. The topological polar surface area (TPSA) is 67.4 Å². The quantitative estimate of drug-likeness (QED) is 0.757. The molecule has 0 atom stereocenters. The number of amides is 2. The van der Waals surface area contributed by atoms with E-state index in [1.54, 1.807) is 25.3 Å². The molecule has 5 nitrogen and oxygen atoms in total. The molecule has 0 radical (unpaired) electrons. The van der Waals surface area contributed by atoms with Gasteiger partial charge in [-0.1, -0.05) is 41.9 Å². The first-order chi connectivity index (χ1) is 11.6. The summed E-state index contributed by atoms with van der Waals surface area (Å²) < 4.78 is 4.89. The van der Waals surface area contributed by atoms with Crippen LogP contribution in [-0.2, 0) is 16.0 Å². The minimum absolute atomic E-state index is 0.194. The van der Waals surface area contributed by atoms with Gasteiger partial charge in [0.1, 0.15) is 0 Å². The van der Waals surface area contributed by atoms with Crippen LogP contribution in [0.3, 0.4) is 0 Å². The Morgan fingerprint density at radius 3 is 2.58 bits per heavy atom. The molecule has 6 heteroatoms. The van der Waals surface area contributed by atoms with Crippen molar-refractivity contribution in [2.75, 3.05) is 25.6 Å². The maximum Gasteiger partial charge on any atom is 0.251 e. The first kappa shape index (κ1) is 18.0. The second-order valence-corrected chi connectivity index (χ2v) is 5.56. The number of carbonyl (C=O) groups is 2. The lowest BCUT2D eigenvalue weighted by Gasteiger charge is -2.10. The summed E-state index contributed by atoms with van der Waals surface area (Å²) >= 11 is 6.11. The molecule has 2 amide bonds. The van der Waals surface area contributed by atoms with Gasteiger partial charge in [0.25, 0.3) is 5.91 Å². The highest BCUT2D eigenvalue weighted by molar-refractivity contribution is 6.33. The van der Waals surface area contributed by atoms with E-state index in [1.165, 1.54) is 0 Å². The lowest BCUT2D eigenvalue weighted by Crippen LogP contribution is -2.27. The molecular formula is C18H19ClN2O3. The Balaban J connectivity index is 2.02. The van der Waals surface area contributed by atoms with Gasteiger partial charge in [-0.15, -0.1) is 0 Å². The van der Waals surface area contributed by atoms with Crippen LogP contribution in [0, 0.1) is 0 Å². The van der Waals surface area contributed by atoms with Crippen LogP contribution >= 0.6 is 11.6 Å². The fraction of sp³-hybridized carbons (Fsp3) is 0.222. The molecule has 24 heavy (non-hydrogen) atoms. The highest BCUT2D eigenvalue weighted by atomic mass is 35.5. The third-order valence-electron chi connectivity index (χ3n) is 3.30. The third-order valence-corrected chi connectivity index (χ3v) is 3.63. The van der Waals surface area contributed by atoms with E-state index in [0.29, 0.717) is 29.4 Å². The largest absolute Gasteiger partial charge is 0.383 e. The summed E-state index contributed by atoms with van der Waals surface area (Å²) in [5.74, 6) is -0.442. The van der Waals surface area contributed by atoms with Crippen LogP contribution in [0.1, 0.15) is 15.9 Å². The molecular weight excluding hydrogens is 328 g/mol. The fourth-order valence-corrected chi connectivity index (χ4v) is 2.27.